The Morgan fingerprint density at radius 1 is 1.28 bits per heavy atom. The normalized spacial score (nSPS) is 22.2. The van der Waals surface area contributed by atoms with Gasteiger partial charge < -0.3 is 14.4 Å². The molecule has 3 heterocycles. The van der Waals surface area contributed by atoms with E-state index in [4.69, 9.17) is 9.47 Å². The molecule has 140 valence electrons. The summed E-state index contributed by atoms with van der Waals surface area (Å²) in [5.74, 6) is 0.222. The lowest BCUT2D eigenvalue weighted by Gasteiger charge is -2.58. The van der Waals surface area contributed by atoms with Crippen LogP contribution < -0.4 is 4.74 Å². The van der Waals surface area contributed by atoms with Crippen molar-refractivity contribution < 1.29 is 14.3 Å². The topological polar surface area (TPSA) is 67.8 Å². The van der Waals surface area contributed by atoms with E-state index in [0.29, 0.717) is 24.9 Å². The molecule has 0 atom stereocenters. The number of carbonyl (C=O) groups excluding carboxylic acids is 1. The van der Waals surface area contributed by atoms with Crippen LogP contribution in [0.15, 0.2) is 0 Å². The maximum Gasteiger partial charge on any atom is 0.294 e. The second-order valence-electron chi connectivity index (χ2n) is 7.93. The molecule has 25 heavy (non-hydrogen) atoms. The molecular weight excluding hydrogens is 340 g/mol. The van der Waals surface area contributed by atoms with Crippen LogP contribution in [0.25, 0.3) is 0 Å². The lowest BCUT2D eigenvalue weighted by molar-refractivity contribution is -0.247. The lowest BCUT2D eigenvalue weighted by Crippen LogP contribution is -2.73. The molecule has 1 aromatic rings. The van der Waals surface area contributed by atoms with Crippen molar-refractivity contribution >= 4 is 17.2 Å². The summed E-state index contributed by atoms with van der Waals surface area (Å²) in [5.41, 5.74) is -0.584. The molecule has 0 saturated carbocycles. The first-order chi connectivity index (χ1) is 11.7. The molecule has 0 N–H and O–H groups in total. The van der Waals surface area contributed by atoms with E-state index in [1.807, 2.05) is 25.7 Å². The number of ether oxygens (including phenoxy) is 2. The molecule has 3 rings (SSSR count). The first-order valence-corrected chi connectivity index (χ1v) is 9.70. The third kappa shape index (κ3) is 4.12. The van der Waals surface area contributed by atoms with E-state index in [0.717, 1.165) is 24.6 Å². The highest BCUT2D eigenvalue weighted by molar-refractivity contribution is 7.13. The summed E-state index contributed by atoms with van der Waals surface area (Å²) in [5, 5.41) is 9.79. The number of hydrogen-bond acceptors (Lipinski definition) is 7. The minimum atomic E-state index is -0.320. The summed E-state index contributed by atoms with van der Waals surface area (Å²) in [6, 6.07) is 0. The smallest absolute Gasteiger partial charge is 0.294 e. The third-order valence-corrected chi connectivity index (χ3v) is 5.27. The zero-order chi connectivity index (χ0) is 18.2. The number of morpholine rings is 1. The molecule has 2 aliphatic rings. The molecule has 1 amide bonds. The summed E-state index contributed by atoms with van der Waals surface area (Å²) in [6.07, 6.45) is 0. The molecule has 2 fully saturated rings. The fourth-order valence-electron chi connectivity index (χ4n) is 3.76. The van der Waals surface area contributed by atoms with Gasteiger partial charge in [0.15, 0.2) is 0 Å². The molecule has 0 bridgehead atoms. The second-order valence-corrected chi connectivity index (χ2v) is 8.96. The van der Waals surface area contributed by atoms with Crippen molar-refractivity contribution in [1.82, 2.24) is 20.0 Å². The first-order valence-electron chi connectivity index (χ1n) is 8.88. The zero-order valence-corrected chi connectivity index (χ0v) is 16.6. The molecule has 7 nitrogen and oxygen atoms in total. The molecule has 1 spiro atoms. The van der Waals surface area contributed by atoms with Gasteiger partial charge in [-0.25, -0.2) is 0 Å². The molecule has 0 radical (unpaired) electrons. The van der Waals surface area contributed by atoms with Gasteiger partial charge in [0.25, 0.3) is 5.19 Å². The minimum Gasteiger partial charge on any atom is -0.469 e. The molecule has 0 unspecified atom stereocenters. The molecule has 0 aliphatic carbocycles. The SMILES string of the molecule is CCOc1nnc(CN2CC3(C2)CN(C(=O)C(C)C)CC(C)(C)O3)s1. The van der Waals surface area contributed by atoms with E-state index >= 15 is 0 Å². The summed E-state index contributed by atoms with van der Waals surface area (Å²) in [4.78, 5) is 16.7. The average Bonchev–Trinajstić information content (AvgIpc) is 2.91. The van der Waals surface area contributed by atoms with Crippen LogP contribution in [0.2, 0.25) is 0 Å². The molecule has 2 saturated heterocycles. The Balaban J connectivity index is 1.60. The van der Waals surface area contributed by atoms with Crippen LogP contribution in [0, 0.1) is 5.92 Å². The molecule has 8 heteroatoms. The fraction of sp³-hybridized carbons (Fsp3) is 0.824. The summed E-state index contributed by atoms with van der Waals surface area (Å²) >= 11 is 1.49. The highest BCUT2D eigenvalue weighted by Gasteiger charge is 2.52. The zero-order valence-electron chi connectivity index (χ0n) is 15.7. The quantitative estimate of drug-likeness (QED) is 0.789. The molecule has 2 aliphatic heterocycles. The van der Waals surface area contributed by atoms with E-state index in [2.05, 4.69) is 28.9 Å². The van der Waals surface area contributed by atoms with Crippen molar-refractivity contribution in [2.24, 2.45) is 5.92 Å². The number of hydrogen-bond donors (Lipinski definition) is 0. The Labute approximate surface area is 153 Å². The summed E-state index contributed by atoms with van der Waals surface area (Å²) < 4.78 is 11.8. The Morgan fingerprint density at radius 3 is 2.64 bits per heavy atom. The maximum absolute atomic E-state index is 12.5. The standard InChI is InChI=1S/C17H28N4O3S/c1-6-23-15-19-18-13(25-15)7-20-9-17(10-20)11-21(14(22)12(2)3)8-16(4,5)24-17/h12H,6-11H2,1-5H3. The van der Waals surface area contributed by atoms with Gasteiger partial charge in [0, 0.05) is 25.6 Å². The predicted molar refractivity (Wildman–Crippen MR) is 95.7 cm³/mol. The van der Waals surface area contributed by atoms with E-state index < -0.39 is 0 Å². The van der Waals surface area contributed by atoms with E-state index in [1.165, 1.54) is 11.3 Å². The monoisotopic (exact) mass is 368 g/mol. The van der Waals surface area contributed by atoms with Gasteiger partial charge >= 0.3 is 0 Å². The Kier molecular flexibility index (Phi) is 5.05. The Bertz CT molecular complexity index is 625. The van der Waals surface area contributed by atoms with E-state index in [-0.39, 0.29) is 23.0 Å². The molecule has 0 aromatic carbocycles. The molecular formula is C17H28N4O3S. The van der Waals surface area contributed by atoms with Gasteiger partial charge in [-0.2, -0.15) is 0 Å². The van der Waals surface area contributed by atoms with Crippen LogP contribution in [-0.4, -0.2) is 69.9 Å². The minimum absolute atomic E-state index is 0.0144. The lowest BCUT2D eigenvalue weighted by atomic mass is 9.88. The first kappa shape index (κ1) is 18.5. The number of rotatable bonds is 5. The fourth-order valence-corrected chi connectivity index (χ4v) is 4.54. The van der Waals surface area contributed by atoms with Crippen molar-refractivity contribution in [3.05, 3.63) is 5.01 Å². The van der Waals surface area contributed by atoms with Gasteiger partial charge in [-0.15, -0.1) is 10.2 Å². The van der Waals surface area contributed by atoms with Crippen LogP contribution >= 0.6 is 11.3 Å². The van der Waals surface area contributed by atoms with Crippen LogP contribution in [0.3, 0.4) is 0 Å². The van der Waals surface area contributed by atoms with Crippen molar-refractivity contribution in [2.45, 2.75) is 52.4 Å². The molecule has 1 aromatic heterocycles. The second kappa shape index (κ2) is 6.81. The predicted octanol–water partition coefficient (Wildman–Crippen LogP) is 1.78. The Morgan fingerprint density at radius 2 is 2.00 bits per heavy atom. The van der Waals surface area contributed by atoms with Gasteiger partial charge in [-0.1, -0.05) is 25.2 Å². The van der Waals surface area contributed by atoms with Crippen LogP contribution in [0.1, 0.15) is 39.6 Å². The van der Waals surface area contributed by atoms with E-state index in [9.17, 15) is 4.79 Å². The van der Waals surface area contributed by atoms with Crippen LogP contribution in [-0.2, 0) is 16.1 Å². The van der Waals surface area contributed by atoms with Crippen LogP contribution in [0.4, 0.5) is 0 Å². The third-order valence-electron chi connectivity index (χ3n) is 4.45. The maximum atomic E-state index is 12.5. The number of carbonyl (C=O) groups is 1. The van der Waals surface area contributed by atoms with Crippen molar-refractivity contribution in [2.75, 3.05) is 32.8 Å². The highest BCUT2D eigenvalue weighted by Crippen LogP contribution is 2.37. The number of nitrogens with zero attached hydrogens (tertiary/aromatic N) is 4. The van der Waals surface area contributed by atoms with Crippen molar-refractivity contribution in [3.8, 4) is 5.19 Å². The van der Waals surface area contributed by atoms with Gasteiger partial charge in [-0.3, -0.25) is 9.69 Å². The number of amides is 1. The van der Waals surface area contributed by atoms with Gasteiger partial charge in [0.2, 0.25) is 5.91 Å². The Hall–Kier alpha value is -1.25. The number of likely N-dealkylation sites (tertiary alicyclic amines) is 1. The average molecular weight is 369 g/mol. The van der Waals surface area contributed by atoms with Crippen LogP contribution in [0.5, 0.6) is 5.19 Å². The largest absolute Gasteiger partial charge is 0.469 e. The summed E-state index contributed by atoms with van der Waals surface area (Å²) in [6.45, 7) is 14.3. The van der Waals surface area contributed by atoms with Gasteiger partial charge in [0.1, 0.15) is 10.6 Å². The van der Waals surface area contributed by atoms with Gasteiger partial charge in [-0.05, 0) is 20.8 Å². The van der Waals surface area contributed by atoms with Crippen molar-refractivity contribution in [1.29, 1.82) is 0 Å². The number of aromatic nitrogens is 2. The highest BCUT2D eigenvalue weighted by atomic mass is 32.1. The van der Waals surface area contributed by atoms with Gasteiger partial charge in [0.05, 0.1) is 25.3 Å². The summed E-state index contributed by atoms with van der Waals surface area (Å²) in [7, 11) is 0. The van der Waals surface area contributed by atoms with E-state index in [1.54, 1.807) is 0 Å². The van der Waals surface area contributed by atoms with Crippen molar-refractivity contribution in [3.63, 3.8) is 0 Å².